The molecule has 0 aromatic heterocycles. The summed E-state index contributed by atoms with van der Waals surface area (Å²) in [6.07, 6.45) is 5.34. The molecule has 1 saturated carbocycles. The molecular weight excluding hydrogens is 436 g/mol. The van der Waals surface area contributed by atoms with E-state index in [1.54, 1.807) is 42.7 Å². The Balaban J connectivity index is 2.03. The lowest BCUT2D eigenvalue weighted by molar-refractivity contribution is -0.113. The zero-order valence-corrected chi connectivity index (χ0v) is 20.8. The standard InChI is InChI=1S/C27H32O7/c1-16-8-9-19(10-17-12-21(29-2)26(33-6)22(13-17)30-3)25(28)20(16)11-18-14-23(31-4)27(34-7)24(15-18)32-5/h10-16H,8-9H2,1-7H3/b19-10+,20-11+. The molecule has 0 heterocycles. The molecule has 1 aliphatic rings. The molecule has 1 fully saturated rings. The summed E-state index contributed by atoms with van der Waals surface area (Å²) in [7, 11) is 9.40. The Morgan fingerprint density at radius 2 is 1.09 bits per heavy atom. The Hall–Kier alpha value is -3.61. The summed E-state index contributed by atoms with van der Waals surface area (Å²) in [5, 5.41) is 0. The molecule has 0 bridgehead atoms. The summed E-state index contributed by atoms with van der Waals surface area (Å²) >= 11 is 0. The molecule has 1 unspecified atom stereocenters. The number of hydrogen-bond donors (Lipinski definition) is 0. The van der Waals surface area contributed by atoms with E-state index in [0.717, 1.165) is 28.7 Å². The Morgan fingerprint density at radius 1 is 0.676 bits per heavy atom. The van der Waals surface area contributed by atoms with Gasteiger partial charge in [-0.2, -0.15) is 0 Å². The van der Waals surface area contributed by atoms with Crippen molar-refractivity contribution in [1.82, 2.24) is 0 Å². The third-order valence-electron chi connectivity index (χ3n) is 5.97. The van der Waals surface area contributed by atoms with Gasteiger partial charge in [-0.05, 0) is 66.3 Å². The van der Waals surface area contributed by atoms with Gasteiger partial charge in [-0.25, -0.2) is 0 Å². The zero-order valence-electron chi connectivity index (χ0n) is 20.8. The van der Waals surface area contributed by atoms with Crippen LogP contribution in [-0.2, 0) is 4.79 Å². The van der Waals surface area contributed by atoms with Gasteiger partial charge < -0.3 is 28.4 Å². The molecule has 7 nitrogen and oxygen atoms in total. The molecule has 0 amide bonds. The SMILES string of the molecule is COc1cc(/C=C2\CCC(C)/C(=C\c3cc(OC)c(OC)c(OC)c3)C2=O)cc(OC)c1OC. The van der Waals surface area contributed by atoms with Crippen LogP contribution in [0.3, 0.4) is 0 Å². The van der Waals surface area contributed by atoms with Crippen molar-refractivity contribution in [2.75, 3.05) is 42.7 Å². The maximum atomic E-state index is 13.5. The average molecular weight is 469 g/mol. The molecule has 3 rings (SSSR count). The van der Waals surface area contributed by atoms with Crippen LogP contribution in [0.4, 0.5) is 0 Å². The number of Topliss-reactive ketones (excluding diaryl/α,β-unsaturated/α-hetero) is 1. The van der Waals surface area contributed by atoms with E-state index < -0.39 is 0 Å². The maximum Gasteiger partial charge on any atom is 0.203 e. The van der Waals surface area contributed by atoms with Crippen LogP contribution >= 0.6 is 0 Å². The molecule has 1 aliphatic carbocycles. The molecule has 0 spiro atoms. The first-order chi connectivity index (χ1) is 16.4. The van der Waals surface area contributed by atoms with Gasteiger partial charge in [0, 0.05) is 11.1 Å². The van der Waals surface area contributed by atoms with Crippen molar-refractivity contribution < 1.29 is 33.2 Å². The van der Waals surface area contributed by atoms with Crippen molar-refractivity contribution in [3.63, 3.8) is 0 Å². The number of methoxy groups -OCH3 is 6. The van der Waals surface area contributed by atoms with Crippen molar-refractivity contribution in [1.29, 1.82) is 0 Å². The first kappa shape index (κ1) is 25.0. The molecular formula is C27H32O7. The van der Waals surface area contributed by atoms with Crippen molar-refractivity contribution >= 4 is 17.9 Å². The highest BCUT2D eigenvalue weighted by atomic mass is 16.5. The minimum absolute atomic E-state index is 0.0150. The van der Waals surface area contributed by atoms with E-state index in [4.69, 9.17) is 28.4 Å². The van der Waals surface area contributed by atoms with Crippen LogP contribution in [-0.4, -0.2) is 48.4 Å². The summed E-state index contributed by atoms with van der Waals surface area (Å²) in [5.41, 5.74) is 3.07. The van der Waals surface area contributed by atoms with Gasteiger partial charge in [-0.15, -0.1) is 0 Å². The molecule has 0 radical (unpaired) electrons. The highest BCUT2D eigenvalue weighted by Crippen LogP contribution is 2.41. The number of allylic oxidation sites excluding steroid dienone is 2. The van der Waals surface area contributed by atoms with Crippen molar-refractivity contribution in [2.45, 2.75) is 19.8 Å². The van der Waals surface area contributed by atoms with Crippen molar-refractivity contribution in [2.24, 2.45) is 5.92 Å². The summed E-state index contributed by atoms with van der Waals surface area (Å²) in [6, 6.07) is 7.35. The number of rotatable bonds is 8. The second kappa shape index (κ2) is 11.0. The summed E-state index contributed by atoms with van der Waals surface area (Å²) < 4.78 is 32.6. The van der Waals surface area contributed by atoms with Crippen LogP contribution in [0.5, 0.6) is 34.5 Å². The molecule has 2 aromatic carbocycles. The first-order valence-corrected chi connectivity index (χ1v) is 11.0. The van der Waals surface area contributed by atoms with Gasteiger partial charge in [-0.3, -0.25) is 4.79 Å². The van der Waals surface area contributed by atoms with Crippen LogP contribution in [0.15, 0.2) is 35.4 Å². The number of hydrogen-bond acceptors (Lipinski definition) is 7. The van der Waals surface area contributed by atoms with Crippen LogP contribution < -0.4 is 28.4 Å². The maximum absolute atomic E-state index is 13.5. The highest BCUT2D eigenvalue weighted by Gasteiger charge is 2.27. The fraction of sp³-hybridized carbons (Fsp3) is 0.370. The minimum Gasteiger partial charge on any atom is -0.493 e. The summed E-state index contributed by atoms with van der Waals surface area (Å²) in [4.78, 5) is 13.5. The molecule has 7 heteroatoms. The van der Waals surface area contributed by atoms with Gasteiger partial charge in [-0.1, -0.05) is 6.92 Å². The topological polar surface area (TPSA) is 72.5 Å². The molecule has 0 saturated heterocycles. The monoisotopic (exact) mass is 468 g/mol. The summed E-state index contributed by atoms with van der Waals surface area (Å²) in [5.74, 6) is 3.31. The zero-order chi connectivity index (χ0) is 24.8. The summed E-state index contributed by atoms with van der Waals surface area (Å²) in [6.45, 7) is 2.07. The Bertz CT molecular complexity index is 1060. The van der Waals surface area contributed by atoms with E-state index in [2.05, 4.69) is 6.92 Å². The van der Waals surface area contributed by atoms with E-state index in [-0.39, 0.29) is 11.7 Å². The van der Waals surface area contributed by atoms with Gasteiger partial charge in [0.25, 0.3) is 0 Å². The van der Waals surface area contributed by atoms with Crippen LogP contribution in [0.1, 0.15) is 30.9 Å². The van der Waals surface area contributed by atoms with E-state index in [9.17, 15) is 4.79 Å². The van der Waals surface area contributed by atoms with Crippen LogP contribution in [0, 0.1) is 5.92 Å². The molecule has 34 heavy (non-hydrogen) atoms. The van der Waals surface area contributed by atoms with E-state index in [0.29, 0.717) is 40.9 Å². The highest BCUT2D eigenvalue weighted by molar-refractivity contribution is 6.14. The Kier molecular flexibility index (Phi) is 8.10. The number of ketones is 1. The second-order valence-electron chi connectivity index (χ2n) is 7.96. The minimum atomic E-state index is 0.0150. The molecule has 0 aliphatic heterocycles. The van der Waals surface area contributed by atoms with Crippen LogP contribution in [0.2, 0.25) is 0 Å². The average Bonchev–Trinajstić information content (AvgIpc) is 2.86. The number of benzene rings is 2. The smallest absolute Gasteiger partial charge is 0.203 e. The fourth-order valence-electron chi connectivity index (χ4n) is 4.15. The Labute approximate surface area is 200 Å². The third kappa shape index (κ3) is 4.98. The van der Waals surface area contributed by atoms with Gasteiger partial charge in [0.15, 0.2) is 28.8 Å². The Morgan fingerprint density at radius 3 is 1.47 bits per heavy atom. The lowest BCUT2D eigenvalue weighted by Crippen LogP contribution is -2.19. The van der Waals surface area contributed by atoms with E-state index >= 15 is 0 Å². The van der Waals surface area contributed by atoms with Gasteiger partial charge >= 0.3 is 0 Å². The van der Waals surface area contributed by atoms with Gasteiger partial charge in [0.1, 0.15) is 0 Å². The van der Waals surface area contributed by atoms with Crippen LogP contribution in [0.25, 0.3) is 12.2 Å². The number of ether oxygens (including phenoxy) is 6. The predicted molar refractivity (Wildman–Crippen MR) is 132 cm³/mol. The first-order valence-electron chi connectivity index (χ1n) is 11.0. The third-order valence-corrected chi connectivity index (χ3v) is 5.97. The number of carbonyl (C=O) groups is 1. The fourth-order valence-corrected chi connectivity index (χ4v) is 4.15. The quantitative estimate of drug-likeness (QED) is 0.493. The van der Waals surface area contributed by atoms with Gasteiger partial charge in [0.2, 0.25) is 11.5 Å². The van der Waals surface area contributed by atoms with E-state index in [1.165, 1.54) is 0 Å². The van der Waals surface area contributed by atoms with E-state index in [1.807, 2.05) is 36.4 Å². The predicted octanol–water partition coefficient (Wildman–Crippen LogP) is 5.20. The largest absolute Gasteiger partial charge is 0.493 e. The second-order valence-corrected chi connectivity index (χ2v) is 7.96. The normalized spacial score (nSPS) is 18.1. The molecule has 182 valence electrons. The number of carbonyl (C=O) groups excluding carboxylic acids is 1. The lowest BCUT2D eigenvalue weighted by Gasteiger charge is -2.23. The van der Waals surface area contributed by atoms with Crippen molar-refractivity contribution in [3.05, 3.63) is 46.5 Å². The molecule has 2 aromatic rings. The molecule has 0 N–H and O–H groups in total. The van der Waals surface area contributed by atoms with Crippen molar-refractivity contribution in [3.8, 4) is 34.5 Å². The molecule has 1 atom stereocenters. The lowest BCUT2D eigenvalue weighted by atomic mass is 9.80. The van der Waals surface area contributed by atoms with Gasteiger partial charge in [0.05, 0.1) is 42.7 Å².